The lowest BCUT2D eigenvalue weighted by molar-refractivity contribution is 0.0728. The molecule has 21 heavy (non-hydrogen) atoms. The Hall–Kier alpha value is -2.50. The molecule has 2 aromatic rings. The number of carbonyl (C=O) groups is 2. The minimum Gasteiger partial charge on any atom is -0.465 e. The van der Waals surface area contributed by atoms with Crippen LogP contribution in [0.2, 0.25) is 0 Å². The predicted molar refractivity (Wildman–Crippen MR) is 78.3 cm³/mol. The van der Waals surface area contributed by atoms with Crippen LogP contribution in [0.15, 0.2) is 24.4 Å². The normalized spacial score (nSPS) is 16.7. The van der Waals surface area contributed by atoms with Crippen molar-refractivity contribution in [1.29, 1.82) is 0 Å². The molecule has 0 bridgehead atoms. The van der Waals surface area contributed by atoms with Crippen LogP contribution in [0.1, 0.15) is 28.8 Å². The van der Waals surface area contributed by atoms with Gasteiger partial charge in [-0.25, -0.2) is 4.79 Å². The first-order valence-corrected chi connectivity index (χ1v) is 6.86. The third-order valence-electron chi connectivity index (χ3n) is 4.40. The zero-order chi connectivity index (χ0) is 15.1. The highest BCUT2D eigenvalue weighted by Crippen LogP contribution is 2.36. The van der Waals surface area contributed by atoms with E-state index in [-0.39, 0.29) is 5.92 Å². The minimum atomic E-state index is -0.866. The Morgan fingerprint density at radius 2 is 2.10 bits per heavy atom. The Kier molecular flexibility index (Phi) is 3.08. The van der Waals surface area contributed by atoms with Gasteiger partial charge in [-0.1, -0.05) is 13.0 Å². The maximum Gasteiger partial charge on any atom is 0.407 e. The number of fused-ring (bicyclic) bond motifs is 1. The number of amides is 2. The number of carbonyl (C=O) groups excluding carboxylic acids is 1. The number of hydrogen-bond donors (Lipinski definition) is 3. The number of H-pyrrole nitrogens is 1. The monoisotopic (exact) mass is 287 g/mol. The van der Waals surface area contributed by atoms with Crippen molar-refractivity contribution in [2.75, 3.05) is 13.1 Å². The average molecular weight is 287 g/mol. The van der Waals surface area contributed by atoms with E-state index in [1.54, 1.807) is 12.3 Å². The molecule has 0 spiro atoms. The van der Waals surface area contributed by atoms with Crippen molar-refractivity contribution in [3.63, 3.8) is 0 Å². The first kappa shape index (κ1) is 13.5. The van der Waals surface area contributed by atoms with Crippen LogP contribution < -0.4 is 5.73 Å². The van der Waals surface area contributed by atoms with Crippen molar-refractivity contribution < 1.29 is 14.7 Å². The van der Waals surface area contributed by atoms with Gasteiger partial charge in [0.05, 0.1) is 11.1 Å². The molecule has 1 aromatic carbocycles. The van der Waals surface area contributed by atoms with Crippen molar-refractivity contribution in [2.45, 2.75) is 12.8 Å². The summed E-state index contributed by atoms with van der Waals surface area (Å²) in [7, 11) is 0. The number of hydrogen-bond acceptors (Lipinski definition) is 2. The van der Waals surface area contributed by atoms with E-state index in [0.717, 1.165) is 16.5 Å². The van der Waals surface area contributed by atoms with Crippen LogP contribution >= 0.6 is 0 Å². The highest BCUT2D eigenvalue weighted by Gasteiger charge is 2.35. The number of nitrogens with two attached hydrogens (primary N) is 1. The van der Waals surface area contributed by atoms with Crippen LogP contribution in [0.3, 0.4) is 0 Å². The van der Waals surface area contributed by atoms with E-state index in [1.807, 2.05) is 12.1 Å². The van der Waals surface area contributed by atoms with Gasteiger partial charge in [-0.15, -0.1) is 0 Å². The molecule has 2 heterocycles. The van der Waals surface area contributed by atoms with Crippen molar-refractivity contribution in [2.24, 2.45) is 11.7 Å². The Labute approximate surface area is 121 Å². The smallest absolute Gasteiger partial charge is 0.407 e. The largest absolute Gasteiger partial charge is 0.465 e. The molecule has 1 aromatic heterocycles. The molecule has 2 amide bonds. The molecule has 1 aliphatic rings. The summed E-state index contributed by atoms with van der Waals surface area (Å²) in [6.07, 6.45) is 0.923. The van der Waals surface area contributed by atoms with Gasteiger partial charge in [0.15, 0.2) is 0 Å². The lowest BCUT2D eigenvalue weighted by Crippen LogP contribution is -2.51. The summed E-state index contributed by atoms with van der Waals surface area (Å²) in [6.45, 7) is 3.20. The van der Waals surface area contributed by atoms with Crippen LogP contribution in [-0.4, -0.2) is 40.1 Å². The van der Waals surface area contributed by atoms with E-state index in [0.29, 0.717) is 24.6 Å². The molecule has 0 radical (unpaired) electrons. The van der Waals surface area contributed by atoms with Gasteiger partial charge in [-0.2, -0.15) is 0 Å². The van der Waals surface area contributed by atoms with Gasteiger partial charge < -0.3 is 20.7 Å². The van der Waals surface area contributed by atoms with Gasteiger partial charge in [0.1, 0.15) is 0 Å². The van der Waals surface area contributed by atoms with E-state index >= 15 is 0 Å². The zero-order valence-corrected chi connectivity index (χ0v) is 11.7. The van der Waals surface area contributed by atoms with Crippen LogP contribution in [-0.2, 0) is 0 Å². The summed E-state index contributed by atoms with van der Waals surface area (Å²) in [4.78, 5) is 26.8. The third kappa shape index (κ3) is 2.12. The number of primary amides is 1. The van der Waals surface area contributed by atoms with Gasteiger partial charge in [0.25, 0.3) is 5.91 Å². The quantitative estimate of drug-likeness (QED) is 0.804. The average Bonchev–Trinajstić information content (AvgIpc) is 2.83. The minimum absolute atomic E-state index is 0.223. The maximum atomic E-state index is 11.4. The van der Waals surface area contributed by atoms with Crippen LogP contribution in [0.25, 0.3) is 10.9 Å². The molecule has 4 N–H and O–H groups in total. The third-order valence-corrected chi connectivity index (χ3v) is 4.40. The number of aromatic nitrogens is 1. The molecule has 1 unspecified atom stereocenters. The zero-order valence-electron chi connectivity index (χ0n) is 11.7. The molecule has 0 saturated carbocycles. The summed E-state index contributed by atoms with van der Waals surface area (Å²) in [6, 6.07) is 5.59. The molecular weight excluding hydrogens is 270 g/mol. The predicted octanol–water partition coefficient (Wildman–Crippen LogP) is 1.98. The summed E-state index contributed by atoms with van der Waals surface area (Å²) in [5.74, 6) is 0.0711. The molecule has 1 aliphatic heterocycles. The Morgan fingerprint density at radius 3 is 2.71 bits per heavy atom. The van der Waals surface area contributed by atoms with Gasteiger partial charge in [-0.3, -0.25) is 4.79 Å². The lowest BCUT2D eigenvalue weighted by Gasteiger charge is -2.41. The van der Waals surface area contributed by atoms with Crippen LogP contribution in [0, 0.1) is 5.92 Å². The van der Waals surface area contributed by atoms with Crippen molar-refractivity contribution in [1.82, 2.24) is 9.88 Å². The number of rotatable bonds is 3. The van der Waals surface area contributed by atoms with Gasteiger partial charge in [0, 0.05) is 30.6 Å². The molecule has 1 saturated heterocycles. The summed E-state index contributed by atoms with van der Waals surface area (Å²) >= 11 is 0. The second-order valence-electron chi connectivity index (χ2n) is 5.57. The first-order valence-electron chi connectivity index (χ1n) is 6.86. The molecule has 6 nitrogen and oxygen atoms in total. The van der Waals surface area contributed by atoms with E-state index in [9.17, 15) is 9.59 Å². The van der Waals surface area contributed by atoms with Crippen molar-refractivity contribution >= 4 is 22.9 Å². The second-order valence-corrected chi connectivity index (χ2v) is 5.57. The molecule has 0 aliphatic carbocycles. The van der Waals surface area contributed by atoms with Gasteiger partial charge >= 0.3 is 6.09 Å². The number of likely N-dealkylation sites (tertiary alicyclic amines) is 1. The molecule has 6 heteroatoms. The molecule has 3 rings (SSSR count). The molecule has 110 valence electrons. The molecule has 1 atom stereocenters. The van der Waals surface area contributed by atoms with E-state index in [2.05, 4.69) is 11.9 Å². The van der Waals surface area contributed by atoms with Crippen LogP contribution in [0.4, 0.5) is 4.79 Å². The van der Waals surface area contributed by atoms with E-state index < -0.39 is 12.0 Å². The highest BCUT2D eigenvalue weighted by atomic mass is 16.4. The maximum absolute atomic E-state index is 11.4. The van der Waals surface area contributed by atoms with Crippen LogP contribution in [0.5, 0.6) is 0 Å². The number of aromatic amines is 1. The van der Waals surface area contributed by atoms with E-state index in [1.165, 1.54) is 4.90 Å². The number of benzene rings is 1. The lowest BCUT2D eigenvalue weighted by atomic mass is 9.81. The second kappa shape index (κ2) is 4.80. The fourth-order valence-corrected chi connectivity index (χ4v) is 3.02. The fourth-order valence-electron chi connectivity index (χ4n) is 3.02. The number of carboxylic acid groups (broad SMARTS) is 1. The Morgan fingerprint density at radius 1 is 1.38 bits per heavy atom. The Balaban J connectivity index is 1.91. The van der Waals surface area contributed by atoms with Gasteiger partial charge in [-0.05, 0) is 23.6 Å². The topological polar surface area (TPSA) is 99.4 Å². The summed E-state index contributed by atoms with van der Waals surface area (Å²) in [5.41, 5.74) is 7.73. The van der Waals surface area contributed by atoms with Crippen molar-refractivity contribution in [3.05, 3.63) is 35.5 Å². The Bertz CT molecular complexity index is 716. The van der Waals surface area contributed by atoms with Crippen molar-refractivity contribution in [3.8, 4) is 0 Å². The summed E-state index contributed by atoms with van der Waals surface area (Å²) < 4.78 is 0. The number of nitrogens with zero attached hydrogens (tertiary/aromatic N) is 1. The standard InChI is InChI=1S/C15H17N3O3/c1-8(9-6-18(7-9)15(20)21)10-2-3-12(14(16)19)13-11(10)4-5-17-13/h2-5,8-9,17H,6-7H2,1H3,(H2,16,19)(H,20,21). The number of nitrogens with one attached hydrogen (secondary N) is 1. The van der Waals surface area contributed by atoms with E-state index in [4.69, 9.17) is 10.8 Å². The summed E-state index contributed by atoms with van der Waals surface area (Å²) in [5, 5.41) is 9.89. The first-order chi connectivity index (χ1) is 9.99. The highest BCUT2D eigenvalue weighted by molar-refractivity contribution is 6.05. The SMILES string of the molecule is CC(c1ccc(C(N)=O)c2[nH]ccc12)C1CN(C(=O)O)C1. The van der Waals surface area contributed by atoms with Gasteiger partial charge in [0.2, 0.25) is 0 Å². The molecular formula is C15H17N3O3. The molecule has 1 fully saturated rings. The fraction of sp³-hybridized carbons (Fsp3) is 0.333.